The number of carbonyl (C=O) groups excluding carboxylic acids is 1. The van der Waals surface area contributed by atoms with Crippen LogP contribution in [0.4, 0.5) is 0 Å². The molecule has 1 aliphatic rings. The van der Waals surface area contributed by atoms with Gasteiger partial charge in [-0.1, -0.05) is 23.9 Å². The highest BCUT2D eigenvalue weighted by Gasteiger charge is 2.26. The maximum absolute atomic E-state index is 13.3. The number of nitrogens with zero attached hydrogens (tertiary/aromatic N) is 4. The predicted molar refractivity (Wildman–Crippen MR) is 124 cm³/mol. The summed E-state index contributed by atoms with van der Waals surface area (Å²) in [7, 11) is 0. The van der Waals surface area contributed by atoms with E-state index in [1.165, 1.54) is 11.8 Å². The molecular weight excluding hydrogens is 396 g/mol. The Morgan fingerprint density at radius 2 is 1.73 bits per heavy atom. The maximum atomic E-state index is 13.3. The molecule has 1 aromatic heterocycles. The van der Waals surface area contributed by atoms with E-state index in [0.717, 1.165) is 32.5 Å². The summed E-state index contributed by atoms with van der Waals surface area (Å²) < 4.78 is 1.76. The highest BCUT2D eigenvalue weighted by Crippen LogP contribution is 2.25. The Bertz CT molecular complexity index is 926. The molecule has 0 bridgehead atoms. The maximum Gasteiger partial charge on any atom is 0.262 e. The topological polar surface area (TPSA) is 58.4 Å². The molecule has 1 atom stereocenters. The number of hydrogen-bond donors (Lipinski definition) is 0. The molecule has 1 aromatic carbocycles. The Balaban J connectivity index is 1.92. The van der Waals surface area contributed by atoms with E-state index in [0.29, 0.717) is 34.7 Å². The first kappa shape index (κ1) is 22.8. The number of likely N-dealkylation sites (tertiary alicyclic amines) is 1. The van der Waals surface area contributed by atoms with Crippen molar-refractivity contribution in [3.8, 4) is 0 Å². The van der Waals surface area contributed by atoms with Crippen molar-refractivity contribution in [1.82, 2.24) is 19.4 Å². The summed E-state index contributed by atoms with van der Waals surface area (Å²) in [5.74, 6) is 0.137. The number of fused-ring (bicyclic) bond motifs is 1. The van der Waals surface area contributed by atoms with Crippen LogP contribution in [0.25, 0.3) is 10.9 Å². The van der Waals surface area contributed by atoms with E-state index < -0.39 is 0 Å². The lowest BCUT2D eigenvalue weighted by Gasteiger charge is -2.31. The second kappa shape index (κ2) is 9.96. The SMILES string of the molecule is CC(Sc1nc2ccccc2c(=O)n1CCN(C(C)C)C(C)C)C(=O)N1CCCC1. The first-order chi connectivity index (χ1) is 14.3. The minimum atomic E-state index is -0.270. The van der Waals surface area contributed by atoms with E-state index in [4.69, 9.17) is 4.98 Å². The Morgan fingerprint density at radius 1 is 1.10 bits per heavy atom. The van der Waals surface area contributed by atoms with Crippen LogP contribution in [-0.4, -0.2) is 62.2 Å². The van der Waals surface area contributed by atoms with Crippen LogP contribution in [0.5, 0.6) is 0 Å². The molecule has 2 aromatic rings. The minimum Gasteiger partial charge on any atom is -0.342 e. The molecular formula is C23H34N4O2S. The van der Waals surface area contributed by atoms with Crippen molar-refractivity contribution in [3.63, 3.8) is 0 Å². The van der Waals surface area contributed by atoms with Gasteiger partial charge >= 0.3 is 0 Å². The molecule has 0 radical (unpaired) electrons. The third kappa shape index (κ3) is 5.06. The van der Waals surface area contributed by atoms with Gasteiger partial charge < -0.3 is 4.90 Å². The van der Waals surface area contributed by atoms with Gasteiger partial charge in [0.1, 0.15) is 0 Å². The molecule has 0 saturated carbocycles. The summed E-state index contributed by atoms with van der Waals surface area (Å²) in [6.45, 7) is 13.6. The zero-order valence-corrected chi connectivity index (χ0v) is 19.6. The largest absolute Gasteiger partial charge is 0.342 e. The van der Waals surface area contributed by atoms with Crippen molar-refractivity contribution in [1.29, 1.82) is 0 Å². The van der Waals surface area contributed by atoms with Crippen LogP contribution in [-0.2, 0) is 11.3 Å². The van der Waals surface area contributed by atoms with Crippen LogP contribution >= 0.6 is 11.8 Å². The molecule has 0 N–H and O–H groups in total. The van der Waals surface area contributed by atoms with E-state index in [2.05, 4.69) is 32.6 Å². The third-order valence-electron chi connectivity index (χ3n) is 5.78. The van der Waals surface area contributed by atoms with Crippen molar-refractivity contribution < 1.29 is 4.79 Å². The van der Waals surface area contributed by atoms with E-state index >= 15 is 0 Å². The van der Waals surface area contributed by atoms with Crippen LogP contribution in [0.3, 0.4) is 0 Å². The molecule has 1 unspecified atom stereocenters. The molecule has 3 rings (SSSR count). The Hall–Kier alpha value is -1.86. The molecule has 164 valence electrons. The van der Waals surface area contributed by atoms with Crippen LogP contribution in [0.2, 0.25) is 0 Å². The number of hydrogen-bond acceptors (Lipinski definition) is 5. The van der Waals surface area contributed by atoms with Crippen LogP contribution in [0.15, 0.2) is 34.2 Å². The molecule has 2 heterocycles. The third-order valence-corrected chi connectivity index (χ3v) is 6.86. The lowest BCUT2D eigenvalue weighted by atomic mass is 10.2. The van der Waals surface area contributed by atoms with Gasteiger partial charge in [-0.15, -0.1) is 0 Å². The average Bonchev–Trinajstić information content (AvgIpc) is 3.24. The van der Waals surface area contributed by atoms with Crippen molar-refractivity contribution in [2.45, 2.75) is 76.5 Å². The molecule has 0 spiro atoms. The molecule has 1 saturated heterocycles. The molecule has 0 aliphatic carbocycles. The monoisotopic (exact) mass is 430 g/mol. The first-order valence-electron chi connectivity index (χ1n) is 11.0. The van der Waals surface area contributed by atoms with E-state index in [1.54, 1.807) is 4.57 Å². The summed E-state index contributed by atoms with van der Waals surface area (Å²) in [4.78, 5) is 35.2. The lowest BCUT2D eigenvalue weighted by molar-refractivity contribution is -0.129. The highest BCUT2D eigenvalue weighted by molar-refractivity contribution is 8.00. The van der Waals surface area contributed by atoms with Crippen molar-refractivity contribution in [2.24, 2.45) is 0 Å². The minimum absolute atomic E-state index is 0.0311. The van der Waals surface area contributed by atoms with Crippen LogP contribution in [0.1, 0.15) is 47.5 Å². The zero-order chi connectivity index (χ0) is 21.8. The first-order valence-corrected chi connectivity index (χ1v) is 11.9. The summed E-state index contributed by atoms with van der Waals surface area (Å²) in [6.07, 6.45) is 2.14. The van der Waals surface area contributed by atoms with E-state index in [1.807, 2.05) is 36.1 Å². The van der Waals surface area contributed by atoms with Crippen molar-refractivity contribution in [3.05, 3.63) is 34.6 Å². The molecule has 1 amide bonds. The lowest BCUT2D eigenvalue weighted by Crippen LogP contribution is -2.41. The summed E-state index contributed by atoms with van der Waals surface area (Å²) in [5, 5.41) is 0.987. The van der Waals surface area contributed by atoms with Gasteiger partial charge in [0.2, 0.25) is 5.91 Å². The van der Waals surface area contributed by atoms with Gasteiger partial charge in [-0.3, -0.25) is 19.1 Å². The quantitative estimate of drug-likeness (QED) is 0.473. The number of carbonyl (C=O) groups is 1. The summed E-state index contributed by atoms with van der Waals surface area (Å²) in [5.41, 5.74) is 0.656. The van der Waals surface area contributed by atoms with Gasteiger partial charge in [-0.2, -0.15) is 0 Å². The number of aromatic nitrogens is 2. The van der Waals surface area contributed by atoms with Crippen LogP contribution in [0, 0.1) is 0 Å². The number of para-hydroxylation sites is 1. The second-order valence-electron chi connectivity index (χ2n) is 8.59. The smallest absolute Gasteiger partial charge is 0.262 e. The summed E-state index contributed by atoms with van der Waals surface area (Å²) in [6, 6.07) is 8.24. The number of benzene rings is 1. The Labute approximate surface area is 183 Å². The molecule has 1 aliphatic heterocycles. The van der Waals surface area contributed by atoms with Gasteiger partial charge in [-0.05, 0) is 59.6 Å². The molecule has 30 heavy (non-hydrogen) atoms. The van der Waals surface area contributed by atoms with Gasteiger partial charge in [0, 0.05) is 38.3 Å². The zero-order valence-electron chi connectivity index (χ0n) is 18.8. The molecule has 7 heteroatoms. The van der Waals surface area contributed by atoms with E-state index in [-0.39, 0.29) is 16.7 Å². The number of amides is 1. The van der Waals surface area contributed by atoms with E-state index in [9.17, 15) is 9.59 Å². The van der Waals surface area contributed by atoms with Crippen molar-refractivity contribution >= 4 is 28.6 Å². The fourth-order valence-corrected chi connectivity index (χ4v) is 5.18. The predicted octanol–water partition coefficient (Wildman–Crippen LogP) is 3.62. The molecule has 1 fully saturated rings. The number of thioether (sulfide) groups is 1. The van der Waals surface area contributed by atoms with Crippen molar-refractivity contribution in [2.75, 3.05) is 19.6 Å². The Kier molecular flexibility index (Phi) is 7.58. The standard InChI is InChI=1S/C23H34N4O2S/c1-16(2)26(17(3)4)14-15-27-22(29)19-10-6-7-11-20(19)24-23(27)30-18(5)21(28)25-12-8-9-13-25/h6-7,10-11,16-18H,8-9,12-15H2,1-5H3. The van der Waals surface area contributed by atoms with Gasteiger partial charge in [0.15, 0.2) is 5.16 Å². The van der Waals surface area contributed by atoms with Gasteiger partial charge in [0.25, 0.3) is 5.56 Å². The van der Waals surface area contributed by atoms with Crippen LogP contribution < -0.4 is 5.56 Å². The van der Waals surface area contributed by atoms with Gasteiger partial charge in [0.05, 0.1) is 16.2 Å². The summed E-state index contributed by atoms with van der Waals surface area (Å²) >= 11 is 1.40. The van der Waals surface area contributed by atoms with Gasteiger partial charge in [-0.25, -0.2) is 4.98 Å². The normalized spacial score (nSPS) is 15.7. The fraction of sp³-hybridized carbons (Fsp3) is 0.609. The number of rotatable bonds is 8. The fourth-order valence-electron chi connectivity index (χ4n) is 4.17. The molecule has 6 nitrogen and oxygen atoms in total. The second-order valence-corrected chi connectivity index (χ2v) is 9.89. The Morgan fingerprint density at radius 3 is 2.37 bits per heavy atom. The highest BCUT2D eigenvalue weighted by atomic mass is 32.2. The average molecular weight is 431 g/mol.